The number of methoxy groups -OCH3 is 1. The van der Waals surface area contributed by atoms with Crippen molar-refractivity contribution in [2.75, 3.05) is 7.11 Å². The first kappa shape index (κ1) is 21.1. The highest BCUT2D eigenvalue weighted by Crippen LogP contribution is 2.38. The van der Waals surface area contributed by atoms with Crippen molar-refractivity contribution in [3.05, 3.63) is 82.3 Å². The van der Waals surface area contributed by atoms with Crippen molar-refractivity contribution in [1.29, 1.82) is 0 Å². The summed E-state index contributed by atoms with van der Waals surface area (Å²) in [6.07, 6.45) is 2.66. The minimum absolute atomic E-state index is 0.0649. The first-order chi connectivity index (χ1) is 13.9. The molecule has 0 unspecified atom stereocenters. The maximum atomic E-state index is 12.5. The molecule has 0 amide bonds. The Bertz CT molecular complexity index is 1110. The van der Waals surface area contributed by atoms with Gasteiger partial charge in [-0.25, -0.2) is 0 Å². The minimum Gasteiger partial charge on any atom is -0.493 e. The summed E-state index contributed by atoms with van der Waals surface area (Å²) < 4.78 is 36.2. The summed E-state index contributed by atoms with van der Waals surface area (Å²) >= 11 is 3.38. The van der Waals surface area contributed by atoms with Gasteiger partial charge < -0.3 is 8.92 Å². The molecule has 0 aliphatic rings. The van der Waals surface area contributed by atoms with Gasteiger partial charge in [0.15, 0.2) is 11.5 Å². The Balaban J connectivity index is 1.88. The predicted octanol–water partition coefficient (Wildman–Crippen LogP) is 5.54. The highest BCUT2D eigenvalue weighted by Gasteiger charge is 2.21. The number of halogens is 1. The van der Waals surface area contributed by atoms with E-state index in [4.69, 9.17) is 8.92 Å². The van der Waals surface area contributed by atoms with Crippen LogP contribution in [0.2, 0.25) is 0 Å². The van der Waals surface area contributed by atoms with Crippen molar-refractivity contribution >= 4 is 38.0 Å². The number of aliphatic imine (C=N–C) groups is 1. The Hall–Kier alpha value is -2.64. The molecule has 3 aromatic carbocycles. The Morgan fingerprint density at radius 3 is 2.34 bits per heavy atom. The molecule has 150 valence electrons. The number of ether oxygens (including phenoxy) is 1. The Morgan fingerprint density at radius 1 is 1.03 bits per heavy atom. The molecule has 0 aromatic heterocycles. The Kier molecular flexibility index (Phi) is 6.71. The molecule has 0 heterocycles. The molecule has 0 atom stereocenters. The molecule has 0 saturated heterocycles. The number of benzene rings is 3. The average Bonchev–Trinajstić information content (AvgIpc) is 2.74. The van der Waals surface area contributed by atoms with Gasteiger partial charge in [-0.2, -0.15) is 8.42 Å². The van der Waals surface area contributed by atoms with Gasteiger partial charge in [0.05, 0.1) is 17.3 Å². The zero-order valence-corrected chi connectivity index (χ0v) is 18.4. The molecular weight excluding hydrogens is 454 g/mol. The second kappa shape index (κ2) is 9.24. The summed E-state index contributed by atoms with van der Waals surface area (Å²) in [6.45, 7) is 2.10. The molecule has 0 spiro atoms. The van der Waals surface area contributed by atoms with Gasteiger partial charge in [0.1, 0.15) is 4.90 Å². The van der Waals surface area contributed by atoms with E-state index in [1.807, 2.05) is 24.3 Å². The molecule has 0 radical (unpaired) electrons. The summed E-state index contributed by atoms with van der Waals surface area (Å²) in [7, 11) is -2.53. The van der Waals surface area contributed by atoms with Crippen molar-refractivity contribution in [3.8, 4) is 11.5 Å². The van der Waals surface area contributed by atoms with Gasteiger partial charge in [0.25, 0.3) is 0 Å². The summed E-state index contributed by atoms with van der Waals surface area (Å²) in [4.78, 5) is 4.52. The van der Waals surface area contributed by atoms with E-state index in [2.05, 4.69) is 27.8 Å². The zero-order chi connectivity index (χ0) is 20.9. The van der Waals surface area contributed by atoms with E-state index in [0.29, 0.717) is 4.47 Å². The highest BCUT2D eigenvalue weighted by atomic mass is 79.9. The van der Waals surface area contributed by atoms with Crippen LogP contribution in [0.5, 0.6) is 11.5 Å². The molecular formula is C22H20BrNO4S. The van der Waals surface area contributed by atoms with E-state index in [-0.39, 0.29) is 16.4 Å². The largest absolute Gasteiger partial charge is 0.493 e. The van der Waals surface area contributed by atoms with Gasteiger partial charge in [-0.05, 0) is 69.9 Å². The van der Waals surface area contributed by atoms with Gasteiger partial charge in [-0.1, -0.05) is 37.3 Å². The molecule has 0 N–H and O–H groups in total. The fourth-order valence-electron chi connectivity index (χ4n) is 2.61. The van der Waals surface area contributed by atoms with E-state index in [9.17, 15) is 8.42 Å². The van der Waals surface area contributed by atoms with Crippen molar-refractivity contribution in [2.24, 2.45) is 4.99 Å². The number of aryl methyl sites for hydroxylation is 1. The Morgan fingerprint density at radius 2 is 1.72 bits per heavy atom. The highest BCUT2D eigenvalue weighted by molar-refractivity contribution is 9.10. The number of hydrogen-bond acceptors (Lipinski definition) is 5. The second-order valence-electron chi connectivity index (χ2n) is 6.16. The molecule has 0 fully saturated rings. The summed E-state index contributed by atoms with van der Waals surface area (Å²) in [6, 6.07) is 19.3. The lowest BCUT2D eigenvalue weighted by molar-refractivity contribution is 0.389. The van der Waals surface area contributed by atoms with Crippen LogP contribution in [0.1, 0.15) is 18.1 Å². The molecule has 5 nitrogen and oxygen atoms in total. The molecule has 7 heteroatoms. The molecule has 29 heavy (non-hydrogen) atoms. The zero-order valence-electron chi connectivity index (χ0n) is 16.0. The maximum Gasteiger partial charge on any atom is 0.339 e. The van der Waals surface area contributed by atoms with Crippen LogP contribution < -0.4 is 8.92 Å². The van der Waals surface area contributed by atoms with Crippen LogP contribution in [0, 0.1) is 0 Å². The van der Waals surface area contributed by atoms with Gasteiger partial charge in [0.2, 0.25) is 0 Å². The van der Waals surface area contributed by atoms with Gasteiger partial charge in [0, 0.05) is 6.21 Å². The normalized spacial score (nSPS) is 11.6. The third-order valence-electron chi connectivity index (χ3n) is 4.18. The first-order valence-electron chi connectivity index (χ1n) is 8.93. The third-order valence-corrected chi connectivity index (χ3v) is 6.01. The SMILES string of the molecule is CCc1ccc(N=Cc2cc(Br)c(OS(=O)(=O)c3ccccc3)c(OC)c2)cc1. The minimum atomic E-state index is -3.99. The molecule has 3 aromatic rings. The van der Waals surface area contributed by atoms with Crippen LogP contribution in [0.4, 0.5) is 5.69 Å². The quantitative estimate of drug-likeness (QED) is 0.333. The van der Waals surface area contributed by atoms with Crippen LogP contribution in [0.3, 0.4) is 0 Å². The van der Waals surface area contributed by atoms with E-state index < -0.39 is 10.1 Å². The number of rotatable bonds is 7. The lowest BCUT2D eigenvalue weighted by atomic mass is 10.1. The van der Waals surface area contributed by atoms with Crippen molar-refractivity contribution in [1.82, 2.24) is 0 Å². The molecule has 0 saturated carbocycles. The van der Waals surface area contributed by atoms with E-state index in [1.165, 1.54) is 24.8 Å². The van der Waals surface area contributed by atoms with Gasteiger partial charge >= 0.3 is 10.1 Å². The maximum absolute atomic E-state index is 12.5. The molecule has 3 rings (SSSR count). The van der Waals surface area contributed by atoms with Crippen LogP contribution in [0.25, 0.3) is 0 Å². The average molecular weight is 474 g/mol. The van der Waals surface area contributed by atoms with Crippen molar-refractivity contribution < 1.29 is 17.3 Å². The van der Waals surface area contributed by atoms with E-state index in [0.717, 1.165) is 17.7 Å². The van der Waals surface area contributed by atoms with Crippen molar-refractivity contribution in [2.45, 2.75) is 18.2 Å². The number of hydrogen-bond donors (Lipinski definition) is 0. The third kappa shape index (κ3) is 5.25. The fraction of sp³-hybridized carbons (Fsp3) is 0.136. The van der Waals surface area contributed by atoms with Gasteiger partial charge in [-0.3, -0.25) is 4.99 Å². The summed E-state index contributed by atoms with van der Waals surface area (Å²) in [5.41, 5.74) is 2.80. The Labute approximate surface area is 179 Å². The topological polar surface area (TPSA) is 65.0 Å². The lowest BCUT2D eigenvalue weighted by Gasteiger charge is -2.13. The first-order valence-corrected chi connectivity index (χ1v) is 11.1. The monoisotopic (exact) mass is 473 g/mol. The standard InChI is InChI=1S/C22H20BrNO4S/c1-3-16-9-11-18(12-10-16)24-15-17-13-20(23)22(21(14-17)27-2)28-29(25,26)19-7-5-4-6-8-19/h4-15H,3H2,1-2H3. The summed E-state index contributed by atoms with van der Waals surface area (Å²) in [5.74, 6) is 0.363. The summed E-state index contributed by atoms with van der Waals surface area (Å²) in [5, 5.41) is 0. The molecule has 0 aliphatic heterocycles. The molecule has 0 bridgehead atoms. The van der Waals surface area contributed by atoms with Crippen LogP contribution in [0.15, 0.2) is 81.1 Å². The smallest absolute Gasteiger partial charge is 0.339 e. The van der Waals surface area contributed by atoms with Crippen LogP contribution in [-0.4, -0.2) is 21.7 Å². The predicted molar refractivity (Wildman–Crippen MR) is 118 cm³/mol. The van der Waals surface area contributed by atoms with E-state index in [1.54, 1.807) is 36.5 Å². The number of nitrogens with zero attached hydrogens (tertiary/aromatic N) is 1. The fourth-order valence-corrected chi connectivity index (χ4v) is 4.23. The van der Waals surface area contributed by atoms with Gasteiger partial charge in [-0.15, -0.1) is 0 Å². The second-order valence-corrected chi connectivity index (χ2v) is 8.56. The van der Waals surface area contributed by atoms with Crippen LogP contribution in [-0.2, 0) is 16.5 Å². The van der Waals surface area contributed by atoms with Crippen molar-refractivity contribution in [3.63, 3.8) is 0 Å². The van der Waals surface area contributed by atoms with E-state index >= 15 is 0 Å². The van der Waals surface area contributed by atoms with Crippen LogP contribution >= 0.6 is 15.9 Å². The molecule has 0 aliphatic carbocycles. The lowest BCUT2D eigenvalue weighted by Crippen LogP contribution is -2.11.